The Bertz CT molecular complexity index is 161. The minimum absolute atomic E-state index is 0.0700. The second-order valence-corrected chi connectivity index (χ2v) is 2.65. The molecular weight excluding hydrogens is 202 g/mol. The number of ether oxygens (including phenoxy) is 2. The summed E-state index contributed by atoms with van der Waals surface area (Å²) in [6.45, 7) is 2.12. The number of hydrogen-bond donors (Lipinski definition) is 1. The van der Waals surface area contributed by atoms with Crippen molar-refractivity contribution < 1.29 is 24.2 Å². The third-order valence-corrected chi connectivity index (χ3v) is 0.972. The second-order valence-electron chi connectivity index (χ2n) is 2.65. The third-order valence-electron chi connectivity index (χ3n) is 0.972. The van der Waals surface area contributed by atoms with E-state index in [2.05, 4.69) is 9.47 Å². The molecule has 0 aliphatic heterocycles. The predicted molar refractivity (Wildman–Crippen MR) is 54.3 cm³/mol. The van der Waals surface area contributed by atoms with Crippen molar-refractivity contribution in [2.75, 3.05) is 40.5 Å². The molecule has 0 saturated carbocycles. The average molecular weight is 221 g/mol. The van der Waals surface area contributed by atoms with Crippen molar-refractivity contribution in [1.29, 1.82) is 0 Å². The molecule has 0 bridgehead atoms. The number of carbonyl (C=O) groups is 2. The zero-order valence-corrected chi connectivity index (χ0v) is 9.43. The van der Waals surface area contributed by atoms with E-state index < -0.39 is 5.97 Å². The zero-order valence-electron chi connectivity index (χ0n) is 9.43. The molecule has 0 fully saturated rings. The van der Waals surface area contributed by atoms with Gasteiger partial charge in [-0.1, -0.05) is 0 Å². The molecule has 1 N–H and O–H groups in total. The molecule has 15 heavy (non-hydrogen) atoms. The van der Waals surface area contributed by atoms with Crippen molar-refractivity contribution in [3.63, 3.8) is 0 Å². The molecule has 0 aromatic carbocycles. The fourth-order valence-corrected chi connectivity index (χ4v) is 0.423. The van der Waals surface area contributed by atoms with Gasteiger partial charge in [0.2, 0.25) is 6.41 Å². The average Bonchev–Trinajstić information content (AvgIpc) is 2.19. The lowest BCUT2D eigenvalue weighted by atomic mass is 10.7. The van der Waals surface area contributed by atoms with Gasteiger partial charge in [-0.15, -0.1) is 0 Å². The van der Waals surface area contributed by atoms with Crippen LogP contribution < -0.4 is 0 Å². The highest BCUT2D eigenvalue weighted by Crippen LogP contribution is 1.79. The Labute approximate surface area is 89.8 Å². The van der Waals surface area contributed by atoms with Gasteiger partial charge in [0.15, 0.2) is 0 Å². The molecule has 0 aliphatic carbocycles. The van der Waals surface area contributed by atoms with E-state index in [9.17, 15) is 9.59 Å². The molecule has 0 saturated heterocycles. The van der Waals surface area contributed by atoms with E-state index in [1.165, 1.54) is 4.90 Å². The molecule has 1 amide bonds. The van der Waals surface area contributed by atoms with Gasteiger partial charge in [0.05, 0.1) is 19.8 Å². The maximum atomic E-state index is 10.5. The zero-order chi connectivity index (χ0) is 12.1. The summed E-state index contributed by atoms with van der Waals surface area (Å²) >= 11 is 0. The van der Waals surface area contributed by atoms with Crippen LogP contribution in [0, 0.1) is 0 Å². The Hall–Kier alpha value is -1.14. The number of rotatable bonds is 6. The molecule has 0 heterocycles. The van der Waals surface area contributed by atoms with Crippen molar-refractivity contribution in [3.8, 4) is 0 Å². The molecule has 6 heteroatoms. The molecule has 0 aromatic rings. The van der Waals surface area contributed by atoms with Crippen LogP contribution in [-0.2, 0) is 19.1 Å². The number of esters is 1. The lowest BCUT2D eigenvalue weighted by molar-refractivity contribution is -0.148. The Balaban J connectivity index is 0. The largest absolute Gasteiger partial charge is 0.464 e. The highest BCUT2D eigenvalue weighted by atomic mass is 16.6. The molecule has 0 rings (SSSR count). The highest BCUT2D eigenvalue weighted by Gasteiger charge is 1.98. The van der Waals surface area contributed by atoms with E-state index >= 15 is 0 Å². The van der Waals surface area contributed by atoms with E-state index in [1.807, 2.05) is 0 Å². The van der Waals surface area contributed by atoms with Gasteiger partial charge >= 0.3 is 5.97 Å². The van der Waals surface area contributed by atoms with Gasteiger partial charge in [0.1, 0.15) is 6.61 Å². The molecule has 0 aromatic heterocycles. The number of aliphatic hydroxyl groups excluding tert-OH is 1. The maximum Gasteiger partial charge on any atom is 0.332 e. The lowest BCUT2D eigenvalue weighted by Gasteiger charge is -2.00. The summed E-state index contributed by atoms with van der Waals surface area (Å²) in [5.41, 5.74) is 0. The summed E-state index contributed by atoms with van der Waals surface area (Å²) in [5, 5.41) is 8.23. The maximum absolute atomic E-state index is 10.5. The normalized spacial score (nSPS) is 8.53. The van der Waals surface area contributed by atoms with Gasteiger partial charge in [-0.05, 0) is 6.92 Å². The third kappa shape index (κ3) is 19.3. The van der Waals surface area contributed by atoms with Crippen LogP contribution in [0.25, 0.3) is 0 Å². The van der Waals surface area contributed by atoms with Crippen molar-refractivity contribution in [1.82, 2.24) is 4.90 Å². The van der Waals surface area contributed by atoms with E-state index in [4.69, 9.17) is 5.11 Å². The quantitative estimate of drug-likeness (QED) is 0.363. The minimum Gasteiger partial charge on any atom is -0.464 e. The van der Waals surface area contributed by atoms with Crippen molar-refractivity contribution in [2.45, 2.75) is 6.92 Å². The first-order valence-corrected chi connectivity index (χ1v) is 4.54. The van der Waals surface area contributed by atoms with E-state index in [1.54, 1.807) is 21.0 Å². The molecular formula is C9H19NO5. The SMILES string of the molecule is CCOC(=O)COCCO.CN(C)C=O. The number of aliphatic hydroxyl groups is 1. The summed E-state index contributed by atoms with van der Waals surface area (Å²) in [4.78, 5) is 21.4. The van der Waals surface area contributed by atoms with Gasteiger partial charge in [-0.3, -0.25) is 4.79 Å². The molecule has 6 nitrogen and oxygen atoms in total. The van der Waals surface area contributed by atoms with Gasteiger partial charge in [-0.25, -0.2) is 4.79 Å². The van der Waals surface area contributed by atoms with Crippen molar-refractivity contribution in [2.24, 2.45) is 0 Å². The number of carbonyl (C=O) groups excluding carboxylic acids is 2. The topological polar surface area (TPSA) is 76.1 Å². The number of hydrogen-bond acceptors (Lipinski definition) is 5. The van der Waals surface area contributed by atoms with Gasteiger partial charge in [0.25, 0.3) is 0 Å². The van der Waals surface area contributed by atoms with Crippen LogP contribution in [0.1, 0.15) is 6.92 Å². The fourth-order valence-electron chi connectivity index (χ4n) is 0.423. The van der Waals surface area contributed by atoms with Crippen LogP contribution in [0.2, 0.25) is 0 Å². The smallest absolute Gasteiger partial charge is 0.332 e. The molecule has 0 aliphatic rings. The second kappa shape index (κ2) is 12.9. The first-order valence-electron chi connectivity index (χ1n) is 4.54. The monoisotopic (exact) mass is 221 g/mol. The number of nitrogens with zero attached hydrogens (tertiary/aromatic N) is 1. The molecule has 0 radical (unpaired) electrons. The molecule has 0 unspecified atom stereocenters. The standard InChI is InChI=1S/C6H12O4.C3H7NO/c1-2-10-6(8)5-9-4-3-7;1-4(2)3-5/h7H,2-5H2,1H3;3H,1-2H3. The van der Waals surface area contributed by atoms with Gasteiger partial charge in [0, 0.05) is 14.1 Å². The highest BCUT2D eigenvalue weighted by molar-refractivity contribution is 5.70. The van der Waals surface area contributed by atoms with Crippen LogP contribution in [0.15, 0.2) is 0 Å². The Morgan fingerprint density at radius 3 is 2.33 bits per heavy atom. The summed E-state index contributed by atoms with van der Waals surface area (Å²) in [7, 11) is 3.38. The summed E-state index contributed by atoms with van der Waals surface area (Å²) < 4.78 is 9.22. The summed E-state index contributed by atoms with van der Waals surface area (Å²) in [6, 6.07) is 0. The van der Waals surface area contributed by atoms with Crippen LogP contribution in [0.5, 0.6) is 0 Å². The van der Waals surface area contributed by atoms with Gasteiger partial charge in [-0.2, -0.15) is 0 Å². The number of amides is 1. The first kappa shape index (κ1) is 16.3. The summed E-state index contributed by atoms with van der Waals surface area (Å²) in [5.74, 6) is -0.393. The lowest BCUT2D eigenvalue weighted by Crippen LogP contribution is -2.13. The van der Waals surface area contributed by atoms with Crippen molar-refractivity contribution in [3.05, 3.63) is 0 Å². The predicted octanol–water partition coefficient (Wildman–Crippen LogP) is -0.737. The molecule has 0 atom stereocenters. The molecule has 0 spiro atoms. The molecule has 90 valence electrons. The Morgan fingerprint density at radius 2 is 2.00 bits per heavy atom. The Kier molecular flexibility index (Phi) is 14.0. The minimum atomic E-state index is -0.393. The van der Waals surface area contributed by atoms with Crippen LogP contribution >= 0.6 is 0 Å². The van der Waals surface area contributed by atoms with E-state index in [-0.39, 0.29) is 19.8 Å². The fraction of sp³-hybridized carbons (Fsp3) is 0.778. The summed E-state index contributed by atoms with van der Waals surface area (Å²) in [6.07, 6.45) is 0.750. The first-order chi connectivity index (χ1) is 7.08. The Morgan fingerprint density at radius 1 is 1.47 bits per heavy atom. The van der Waals surface area contributed by atoms with Crippen molar-refractivity contribution >= 4 is 12.4 Å². The van der Waals surface area contributed by atoms with E-state index in [0.29, 0.717) is 6.61 Å². The van der Waals surface area contributed by atoms with Crippen LogP contribution in [-0.4, -0.2) is 62.9 Å². The van der Waals surface area contributed by atoms with Crippen LogP contribution in [0.3, 0.4) is 0 Å². The van der Waals surface area contributed by atoms with Gasteiger partial charge < -0.3 is 19.5 Å². The van der Waals surface area contributed by atoms with E-state index in [0.717, 1.165) is 6.41 Å². The van der Waals surface area contributed by atoms with Crippen LogP contribution in [0.4, 0.5) is 0 Å².